The molecule has 0 amide bonds. The molecule has 0 spiro atoms. The summed E-state index contributed by atoms with van der Waals surface area (Å²) >= 11 is 1.17. The van der Waals surface area contributed by atoms with Gasteiger partial charge in [0, 0.05) is 18.4 Å². The lowest BCUT2D eigenvalue weighted by molar-refractivity contribution is 0.193. The number of halogens is 2. The summed E-state index contributed by atoms with van der Waals surface area (Å²) in [6, 6.07) is 10.9. The minimum Gasteiger partial charge on any atom is -0.497 e. The van der Waals surface area contributed by atoms with Crippen LogP contribution < -0.4 is 4.74 Å². The first-order valence-corrected chi connectivity index (χ1v) is 8.78. The second kappa shape index (κ2) is 7.84. The van der Waals surface area contributed by atoms with E-state index in [0.717, 1.165) is 23.4 Å². The predicted molar refractivity (Wildman–Crippen MR) is 95.0 cm³/mol. The second-order valence-corrected chi connectivity index (χ2v) is 6.54. The summed E-state index contributed by atoms with van der Waals surface area (Å²) in [5.41, 5.74) is 0.519. The minimum absolute atomic E-state index is 0.0481. The summed E-state index contributed by atoms with van der Waals surface area (Å²) in [6.45, 7) is 0. The smallest absolute Gasteiger partial charge is 0.191 e. The Bertz CT molecular complexity index is 880. The van der Waals surface area contributed by atoms with E-state index in [0.29, 0.717) is 11.0 Å². The Morgan fingerprint density at radius 2 is 1.77 bits per heavy atom. The molecule has 5 nitrogen and oxygen atoms in total. The van der Waals surface area contributed by atoms with E-state index in [4.69, 9.17) is 4.74 Å². The Balaban J connectivity index is 1.74. The normalized spacial score (nSPS) is 12.2. The molecular formula is C18H17F2N3O2S. The van der Waals surface area contributed by atoms with Gasteiger partial charge >= 0.3 is 0 Å². The van der Waals surface area contributed by atoms with E-state index < -0.39 is 17.7 Å². The van der Waals surface area contributed by atoms with Crippen molar-refractivity contribution in [3.63, 3.8) is 0 Å². The molecule has 26 heavy (non-hydrogen) atoms. The zero-order valence-electron chi connectivity index (χ0n) is 14.2. The second-order valence-electron chi connectivity index (χ2n) is 5.56. The van der Waals surface area contributed by atoms with Crippen LogP contribution in [0.25, 0.3) is 11.4 Å². The molecule has 0 radical (unpaired) electrons. The van der Waals surface area contributed by atoms with Crippen molar-refractivity contribution in [3.8, 4) is 17.1 Å². The molecule has 0 aliphatic carbocycles. The number of ether oxygens (including phenoxy) is 1. The molecule has 1 unspecified atom stereocenters. The van der Waals surface area contributed by atoms with Crippen molar-refractivity contribution in [2.75, 3.05) is 12.9 Å². The van der Waals surface area contributed by atoms with Crippen LogP contribution in [0.4, 0.5) is 8.78 Å². The molecule has 1 atom stereocenters. The first kappa shape index (κ1) is 18.3. The Kier molecular flexibility index (Phi) is 5.53. The van der Waals surface area contributed by atoms with Gasteiger partial charge in [0.15, 0.2) is 11.0 Å². The van der Waals surface area contributed by atoms with Gasteiger partial charge in [0.25, 0.3) is 0 Å². The van der Waals surface area contributed by atoms with Crippen molar-refractivity contribution >= 4 is 11.8 Å². The highest BCUT2D eigenvalue weighted by molar-refractivity contribution is 7.99. The molecule has 0 aliphatic rings. The molecule has 3 aromatic rings. The van der Waals surface area contributed by atoms with E-state index in [1.807, 2.05) is 24.3 Å². The molecule has 0 aliphatic heterocycles. The number of aliphatic hydroxyl groups excluding tert-OH is 1. The number of hydrogen-bond acceptors (Lipinski definition) is 5. The Morgan fingerprint density at radius 1 is 1.12 bits per heavy atom. The quantitative estimate of drug-likeness (QED) is 0.665. The van der Waals surface area contributed by atoms with E-state index >= 15 is 0 Å². The highest BCUT2D eigenvalue weighted by Gasteiger charge is 2.20. The maximum atomic E-state index is 13.7. The maximum absolute atomic E-state index is 13.7. The van der Waals surface area contributed by atoms with Crippen LogP contribution in [-0.4, -0.2) is 32.7 Å². The van der Waals surface area contributed by atoms with Gasteiger partial charge in [0.2, 0.25) is 0 Å². The fourth-order valence-corrected chi connectivity index (χ4v) is 3.35. The van der Waals surface area contributed by atoms with Crippen LogP contribution >= 0.6 is 11.8 Å². The lowest BCUT2D eigenvalue weighted by Crippen LogP contribution is -2.07. The van der Waals surface area contributed by atoms with Gasteiger partial charge in [-0.05, 0) is 36.4 Å². The molecular weight excluding hydrogens is 360 g/mol. The summed E-state index contributed by atoms with van der Waals surface area (Å²) in [5, 5.41) is 18.9. The number of rotatable bonds is 6. The van der Waals surface area contributed by atoms with E-state index in [1.54, 1.807) is 18.7 Å². The molecule has 1 N–H and O–H groups in total. The van der Waals surface area contributed by atoms with Gasteiger partial charge < -0.3 is 14.4 Å². The molecule has 0 saturated carbocycles. The van der Waals surface area contributed by atoms with Gasteiger partial charge in [0.05, 0.1) is 18.8 Å². The maximum Gasteiger partial charge on any atom is 0.191 e. The van der Waals surface area contributed by atoms with Gasteiger partial charge in [-0.15, -0.1) is 10.2 Å². The monoisotopic (exact) mass is 377 g/mol. The highest BCUT2D eigenvalue weighted by Crippen LogP contribution is 2.29. The topological polar surface area (TPSA) is 60.2 Å². The van der Waals surface area contributed by atoms with Crippen molar-refractivity contribution in [3.05, 3.63) is 59.7 Å². The van der Waals surface area contributed by atoms with Crippen LogP contribution in [0.15, 0.2) is 47.6 Å². The number of hydrogen-bond donors (Lipinski definition) is 1. The van der Waals surface area contributed by atoms with Crippen molar-refractivity contribution in [2.45, 2.75) is 11.3 Å². The van der Waals surface area contributed by atoms with Gasteiger partial charge in [-0.3, -0.25) is 0 Å². The van der Waals surface area contributed by atoms with Crippen LogP contribution in [0, 0.1) is 11.6 Å². The van der Waals surface area contributed by atoms with Crippen molar-refractivity contribution in [2.24, 2.45) is 7.05 Å². The lowest BCUT2D eigenvalue weighted by Gasteiger charge is -2.12. The third-order valence-electron chi connectivity index (χ3n) is 3.89. The number of aromatic nitrogens is 3. The number of aliphatic hydroxyl groups is 1. The fraction of sp³-hybridized carbons (Fsp3) is 0.222. The third-order valence-corrected chi connectivity index (χ3v) is 4.98. The van der Waals surface area contributed by atoms with Gasteiger partial charge in [-0.1, -0.05) is 17.8 Å². The van der Waals surface area contributed by atoms with Crippen LogP contribution in [0.3, 0.4) is 0 Å². The molecule has 3 rings (SSSR count). The fourth-order valence-electron chi connectivity index (χ4n) is 2.50. The van der Waals surface area contributed by atoms with Gasteiger partial charge in [0.1, 0.15) is 17.4 Å². The van der Waals surface area contributed by atoms with Crippen LogP contribution in [0.1, 0.15) is 11.7 Å². The van der Waals surface area contributed by atoms with Crippen molar-refractivity contribution < 1.29 is 18.6 Å². The number of benzene rings is 2. The van der Waals surface area contributed by atoms with Gasteiger partial charge in [-0.25, -0.2) is 8.78 Å². The molecule has 0 bridgehead atoms. The SMILES string of the molecule is COc1ccc(-c2nnc(SCC(O)c3c(F)cccc3F)n2C)cc1. The molecule has 0 saturated heterocycles. The van der Waals surface area contributed by atoms with E-state index in [-0.39, 0.29) is 11.3 Å². The van der Waals surface area contributed by atoms with Crippen molar-refractivity contribution in [1.29, 1.82) is 0 Å². The van der Waals surface area contributed by atoms with Gasteiger partial charge in [-0.2, -0.15) is 0 Å². The summed E-state index contributed by atoms with van der Waals surface area (Å²) < 4.78 is 34.4. The largest absolute Gasteiger partial charge is 0.497 e. The standard InChI is InChI=1S/C18H17F2N3O2S/c1-23-17(11-6-8-12(25-2)9-7-11)21-22-18(23)26-10-15(24)16-13(19)4-3-5-14(16)20/h3-9,15,24H,10H2,1-2H3. The molecule has 1 aromatic heterocycles. The summed E-state index contributed by atoms with van der Waals surface area (Å²) in [5.74, 6) is -0.112. The Labute approximate surface area is 153 Å². The van der Waals surface area contributed by atoms with E-state index in [9.17, 15) is 13.9 Å². The molecule has 136 valence electrons. The number of nitrogens with zero attached hydrogens (tertiary/aromatic N) is 3. The highest BCUT2D eigenvalue weighted by atomic mass is 32.2. The predicted octanol–water partition coefficient (Wildman–Crippen LogP) is 3.59. The molecule has 8 heteroatoms. The Morgan fingerprint density at radius 3 is 2.38 bits per heavy atom. The molecule has 0 fully saturated rings. The lowest BCUT2D eigenvalue weighted by atomic mass is 10.1. The summed E-state index contributed by atoms with van der Waals surface area (Å²) in [4.78, 5) is 0. The Hall–Kier alpha value is -2.45. The zero-order chi connectivity index (χ0) is 18.7. The molecule has 1 heterocycles. The summed E-state index contributed by atoms with van der Waals surface area (Å²) in [6.07, 6.45) is -1.29. The number of methoxy groups -OCH3 is 1. The zero-order valence-corrected chi connectivity index (χ0v) is 15.0. The average molecular weight is 377 g/mol. The summed E-state index contributed by atoms with van der Waals surface area (Å²) in [7, 11) is 3.38. The first-order chi connectivity index (χ1) is 12.5. The van der Waals surface area contributed by atoms with Crippen LogP contribution in [-0.2, 0) is 7.05 Å². The first-order valence-electron chi connectivity index (χ1n) is 7.80. The van der Waals surface area contributed by atoms with E-state index in [1.165, 1.54) is 17.8 Å². The van der Waals surface area contributed by atoms with E-state index in [2.05, 4.69) is 10.2 Å². The molecule has 2 aromatic carbocycles. The van der Waals surface area contributed by atoms with Crippen molar-refractivity contribution in [1.82, 2.24) is 14.8 Å². The minimum atomic E-state index is -1.29. The van der Waals surface area contributed by atoms with Crippen LogP contribution in [0.2, 0.25) is 0 Å². The van der Waals surface area contributed by atoms with Crippen LogP contribution in [0.5, 0.6) is 5.75 Å². The average Bonchev–Trinajstić information content (AvgIpc) is 3.00. The third kappa shape index (κ3) is 3.71. The number of thioether (sulfide) groups is 1.